The van der Waals surface area contributed by atoms with Crippen molar-refractivity contribution < 1.29 is 9.53 Å². The number of imidazole rings is 1. The predicted molar refractivity (Wildman–Crippen MR) is 72.0 cm³/mol. The van der Waals surface area contributed by atoms with Gasteiger partial charge in [0.2, 0.25) is 0 Å². The number of hydrogen-bond acceptors (Lipinski definition) is 3. The lowest BCUT2D eigenvalue weighted by Gasteiger charge is -1.98. The fourth-order valence-corrected chi connectivity index (χ4v) is 1.42. The van der Waals surface area contributed by atoms with Crippen LogP contribution in [-0.4, -0.2) is 22.1 Å². The fourth-order valence-electron chi connectivity index (χ4n) is 0.913. The molecule has 0 fully saturated rings. The monoisotopic (exact) mass is 300 g/mol. The summed E-state index contributed by atoms with van der Waals surface area (Å²) in [5, 5.41) is 0. The van der Waals surface area contributed by atoms with E-state index >= 15 is 0 Å². The van der Waals surface area contributed by atoms with E-state index in [1.807, 2.05) is 14.0 Å². The minimum atomic E-state index is -0.391. The molecule has 0 saturated heterocycles. The highest BCUT2D eigenvalue weighted by atomic mass is 79.9. The van der Waals surface area contributed by atoms with Crippen LogP contribution in [0.5, 0.6) is 0 Å². The fraction of sp³-hybridized carbons (Fsp3) is 0.333. The highest BCUT2D eigenvalue weighted by Crippen LogP contribution is 2.17. The Morgan fingerprint density at radius 3 is 2.35 bits per heavy atom. The Bertz CT molecular complexity index is 405. The van der Waals surface area contributed by atoms with E-state index in [2.05, 4.69) is 34.1 Å². The average Bonchev–Trinajstić information content (AvgIpc) is 2.58. The summed E-state index contributed by atoms with van der Waals surface area (Å²) in [6.07, 6.45) is 3.28. The molecule has 17 heavy (non-hydrogen) atoms. The van der Waals surface area contributed by atoms with Gasteiger partial charge in [-0.3, -0.25) is 0 Å². The lowest BCUT2D eigenvalue weighted by atomic mass is 10.5. The highest BCUT2D eigenvalue weighted by molar-refractivity contribution is 9.10. The lowest BCUT2D eigenvalue weighted by molar-refractivity contribution is 0.0518. The van der Waals surface area contributed by atoms with Crippen LogP contribution in [0.15, 0.2) is 29.9 Å². The Morgan fingerprint density at radius 1 is 1.53 bits per heavy atom. The van der Waals surface area contributed by atoms with E-state index in [-0.39, 0.29) is 0 Å². The Kier molecular flexibility index (Phi) is 7.21. The van der Waals surface area contributed by atoms with Gasteiger partial charge in [-0.25, -0.2) is 9.78 Å². The van der Waals surface area contributed by atoms with E-state index in [1.165, 1.54) is 0 Å². The van der Waals surface area contributed by atoms with Gasteiger partial charge in [-0.05, 0) is 29.8 Å². The average molecular weight is 301 g/mol. The van der Waals surface area contributed by atoms with Crippen molar-refractivity contribution in [3.05, 3.63) is 41.4 Å². The molecule has 0 aromatic carbocycles. The number of aryl methyl sites for hydroxylation is 1. The number of allylic oxidation sites excluding steroid dienone is 2. The molecule has 1 rings (SSSR count). The topological polar surface area (TPSA) is 44.1 Å². The van der Waals surface area contributed by atoms with Gasteiger partial charge in [0.15, 0.2) is 5.69 Å². The Labute approximate surface area is 110 Å². The summed E-state index contributed by atoms with van der Waals surface area (Å²) in [5.74, 6) is 0.382. The molecule has 1 aromatic heterocycles. The van der Waals surface area contributed by atoms with Crippen LogP contribution in [0.25, 0.3) is 0 Å². The van der Waals surface area contributed by atoms with Crippen LogP contribution < -0.4 is 0 Å². The Hall–Kier alpha value is -1.36. The number of hydrogen-bond donors (Lipinski definition) is 0. The van der Waals surface area contributed by atoms with Crippen LogP contribution in [0.4, 0.5) is 0 Å². The Balaban J connectivity index is 0.000000557. The molecule has 0 aliphatic carbocycles. The van der Waals surface area contributed by atoms with Crippen LogP contribution in [0.2, 0.25) is 0 Å². The van der Waals surface area contributed by atoms with Gasteiger partial charge < -0.3 is 9.30 Å². The largest absolute Gasteiger partial charge is 0.461 e. The second kappa shape index (κ2) is 7.84. The molecule has 0 aliphatic rings. The molecule has 0 saturated carbocycles. The number of nitrogens with zero attached hydrogens (tertiary/aromatic N) is 2. The summed E-state index contributed by atoms with van der Waals surface area (Å²) in [4.78, 5) is 15.4. The summed E-state index contributed by atoms with van der Waals surface area (Å²) in [7, 11) is 1.83. The molecular formula is C12H17BrN2O2. The van der Waals surface area contributed by atoms with E-state index in [0.717, 1.165) is 5.82 Å². The van der Waals surface area contributed by atoms with Gasteiger partial charge in [-0.1, -0.05) is 25.3 Å². The molecule has 5 heteroatoms. The number of halogens is 1. The first-order valence-corrected chi connectivity index (χ1v) is 5.88. The first kappa shape index (κ1) is 15.6. The Morgan fingerprint density at radius 2 is 2.06 bits per heavy atom. The molecule has 0 bridgehead atoms. The molecular weight excluding hydrogens is 284 g/mol. The zero-order chi connectivity index (χ0) is 13.4. The first-order valence-electron chi connectivity index (χ1n) is 5.08. The molecule has 0 atom stereocenters. The summed E-state index contributed by atoms with van der Waals surface area (Å²) < 4.78 is 7.27. The zero-order valence-corrected chi connectivity index (χ0v) is 12.0. The maximum atomic E-state index is 11.3. The van der Waals surface area contributed by atoms with Gasteiger partial charge in [0.25, 0.3) is 0 Å². The molecule has 94 valence electrons. The standard InChI is InChI=1S/C8H11BrN2O2.C4H6/c1-4-13-8(12)6-7(9)11(3)5(2)10-6;1-3-4-2/h4H2,1-3H3;3-4H,1-2H2. The minimum Gasteiger partial charge on any atom is -0.461 e. The van der Waals surface area contributed by atoms with Crippen LogP contribution in [0.3, 0.4) is 0 Å². The lowest BCUT2D eigenvalue weighted by Crippen LogP contribution is -2.06. The molecule has 1 aromatic rings. The highest BCUT2D eigenvalue weighted by Gasteiger charge is 2.17. The van der Waals surface area contributed by atoms with Crippen molar-refractivity contribution in [3.63, 3.8) is 0 Å². The maximum absolute atomic E-state index is 11.3. The first-order chi connectivity index (χ1) is 7.99. The van der Waals surface area contributed by atoms with Crippen molar-refractivity contribution >= 4 is 21.9 Å². The number of aromatic nitrogens is 2. The zero-order valence-electron chi connectivity index (χ0n) is 10.4. The van der Waals surface area contributed by atoms with Gasteiger partial charge in [-0.2, -0.15) is 0 Å². The number of carbonyl (C=O) groups is 1. The molecule has 0 amide bonds. The van der Waals surface area contributed by atoms with Crippen molar-refractivity contribution in [2.45, 2.75) is 13.8 Å². The quantitative estimate of drug-likeness (QED) is 0.637. The summed E-state index contributed by atoms with van der Waals surface area (Å²) in [6, 6.07) is 0. The molecule has 0 aliphatic heterocycles. The number of rotatable bonds is 3. The summed E-state index contributed by atoms with van der Waals surface area (Å²) >= 11 is 3.27. The van der Waals surface area contributed by atoms with Crippen molar-refractivity contribution in [3.8, 4) is 0 Å². The van der Waals surface area contributed by atoms with Gasteiger partial charge in [0, 0.05) is 7.05 Å². The number of carbonyl (C=O) groups excluding carboxylic acids is 1. The van der Waals surface area contributed by atoms with Crippen molar-refractivity contribution in [2.75, 3.05) is 6.61 Å². The molecule has 0 unspecified atom stereocenters. The van der Waals surface area contributed by atoms with E-state index < -0.39 is 5.97 Å². The van der Waals surface area contributed by atoms with Crippen LogP contribution >= 0.6 is 15.9 Å². The van der Waals surface area contributed by atoms with Crippen molar-refractivity contribution in [2.24, 2.45) is 7.05 Å². The van der Waals surface area contributed by atoms with E-state index in [1.54, 1.807) is 23.6 Å². The third-order valence-corrected chi connectivity index (χ3v) is 2.79. The minimum absolute atomic E-state index is 0.335. The second-order valence-corrected chi connectivity index (χ2v) is 3.80. The third-order valence-electron chi connectivity index (χ3n) is 1.88. The molecule has 4 nitrogen and oxygen atoms in total. The van der Waals surface area contributed by atoms with Gasteiger partial charge in [0.05, 0.1) is 6.61 Å². The predicted octanol–water partition coefficient (Wildman–Crippen LogP) is 3.03. The maximum Gasteiger partial charge on any atom is 0.359 e. The van der Waals surface area contributed by atoms with Gasteiger partial charge in [0.1, 0.15) is 10.4 Å². The van der Waals surface area contributed by atoms with Gasteiger partial charge >= 0.3 is 5.97 Å². The number of esters is 1. The van der Waals surface area contributed by atoms with Crippen LogP contribution in [-0.2, 0) is 11.8 Å². The van der Waals surface area contributed by atoms with Crippen LogP contribution in [0, 0.1) is 6.92 Å². The summed E-state index contributed by atoms with van der Waals surface area (Å²) in [5.41, 5.74) is 0.335. The van der Waals surface area contributed by atoms with Crippen molar-refractivity contribution in [1.82, 2.24) is 9.55 Å². The molecule has 0 spiro atoms. The van der Waals surface area contributed by atoms with Crippen molar-refractivity contribution in [1.29, 1.82) is 0 Å². The molecule has 0 N–H and O–H groups in total. The third kappa shape index (κ3) is 4.56. The van der Waals surface area contributed by atoms with Gasteiger partial charge in [-0.15, -0.1) is 0 Å². The van der Waals surface area contributed by atoms with E-state index in [4.69, 9.17) is 4.74 Å². The summed E-state index contributed by atoms with van der Waals surface area (Å²) in [6.45, 7) is 10.7. The van der Waals surface area contributed by atoms with E-state index in [9.17, 15) is 4.79 Å². The molecule has 1 heterocycles. The van der Waals surface area contributed by atoms with E-state index in [0.29, 0.717) is 16.9 Å². The number of ether oxygens (including phenoxy) is 1. The SMILES string of the molecule is C=CC=C.CCOC(=O)c1nc(C)n(C)c1Br. The second-order valence-electron chi connectivity index (χ2n) is 3.05. The normalized spacial score (nSPS) is 8.94. The molecule has 0 radical (unpaired) electrons. The van der Waals surface area contributed by atoms with Crippen LogP contribution in [0.1, 0.15) is 23.2 Å². The smallest absolute Gasteiger partial charge is 0.359 e.